The number of nitrogens with one attached hydrogen (secondary N) is 1. The number of nitrogens with zero attached hydrogens (tertiary/aromatic N) is 2. The number of hydrogen-bond acceptors (Lipinski definition) is 6. The van der Waals surface area contributed by atoms with Crippen LogP contribution in [0.3, 0.4) is 0 Å². The molecule has 0 spiro atoms. The van der Waals surface area contributed by atoms with E-state index < -0.39 is 16.9 Å². The van der Waals surface area contributed by atoms with Crippen LogP contribution < -0.4 is 14.9 Å². The minimum absolute atomic E-state index is 0.00895. The van der Waals surface area contributed by atoms with Crippen molar-refractivity contribution in [2.24, 2.45) is 5.10 Å². The van der Waals surface area contributed by atoms with Crippen LogP contribution in [0.1, 0.15) is 18.1 Å². The van der Waals surface area contributed by atoms with Crippen LogP contribution in [0.15, 0.2) is 77.9 Å². The molecule has 0 aliphatic carbocycles. The Labute approximate surface area is 189 Å². The van der Waals surface area contributed by atoms with E-state index in [0.29, 0.717) is 22.9 Å². The monoisotopic (exact) mass is 453 g/mol. The summed E-state index contributed by atoms with van der Waals surface area (Å²) in [7, 11) is 0. The Morgan fingerprint density at radius 1 is 1.16 bits per heavy atom. The first-order valence-corrected chi connectivity index (χ1v) is 10.0. The number of ether oxygens (including phenoxy) is 2. The number of hydrazone groups is 1. The highest BCUT2D eigenvalue weighted by Gasteiger charge is 2.20. The fourth-order valence-corrected chi connectivity index (χ4v) is 2.77. The van der Waals surface area contributed by atoms with Gasteiger partial charge in [-0.15, -0.1) is 0 Å². The Balaban J connectivity index is 1.54. The SMILES string of the molecule is CC(Oc1ccccc1[N+](=O)[O-])C(=O)N/N=C/c1cccc(OCc2ccc(Cl)cc2)c1. The minimum Gasteiger partial charge on any atom is -0.489 e. The average molecular weight is 454 g/mol. The first-order valence-electron chi connectivity index (χ1n) is 9.62. The van der Waals surface area contributed by atoms with Gasteiger partial charge in [0.05, 0.1) is 11.1 Å². The van der Waals surface area contributed by atoms with Gasteiger partial charge in [-0.25, -0.2) is 5.43 Å². The maximum absolute atomic E-state index is 12.2. The van der Waals surface area contributed by atoms with Crippen LogP contribution in [0.4, 0.5) is 5.69 Å². The summed E-state index contributed by atoms with van der Waals surface area (Å²) in [5.41, 5.74) is 3.84. The second kappa shape index (κ2) is 10.9. The summed E-state index contributed by atoms with van der Waals surface area (Å²) in [6, 6.07) is 20.4. The van der Waals surface area contributed by atoms with Gasteiger partial charge in [-0.2, -0.15) is 5.10 Å². The van der Waals surface area contributed by atoms with E-state index in [1.807, 2.05) is 18.2 Å². The molecule has 8 nitrogen and oxygen atoms in total. The lowest BCUT2D eigenvalue weighted by Crippen LogP contribution is -2.33. The zero-order valence-electron chi connectivity index (χ0n) is 17.1. The van der Waals surface area contributed by atoms with Gasteiger partial charge in [0, 0.05) is 11.1 Å². The third-order valence-corrected chi connectivity index (χ3v) is 4.55. The Hall–Kier alpha value is -3.91. The predicted octanol–water partition coefficient (Wildman–Crippen LogP) is 4.74. The quantitative estimate of drug-likeness (QED) is 0.286. The van der Waals surface area contributed by atoms with Gasteiger partial charge in [-0.3, -0.25) is 14.9 Å². The molecule has 1 N–H and O–H groups in total. The molecule has 0 aromatic heterocycles. The average Bonchev–Trinajstić information content (AvgIpc) is 2.79. The van der Waals surface area contributed by atoms with Gasteiger partial charge in [0.2, 0.25) is 0 Å². The zero-order valence-corrected chi connectivity index (χ0v) is 17.9. The van der Waals surface area contributed by atoms with Crippen LogP contribution in [-0.2, 0) is 11.4 Å². The molecule has 0 aliphatic rings. The van der Waals surface area contributed by atoms with Crippen LogP contribution in [0.5, 0.6) is 11.5 Å². The van der Waals surface area contributed by atoms with Gasteiger partial charge in [-0.1, -0.05) is 48.0 Å². The molecule has 3 aromatic carbocycles. The molecule has 1 amide bonds. The zero-order chi connectivity index (χ0) is 22.9. The number of rotatable bonds is 9. The van der Waals surface area contributed by atoms with Crippen LogP contribution in [0, 0.1) is 10.1 Å². The van der Waals surface area contributed by atoms with Gasteiger partial charge in [0.1, 0.15) is 12.4 Å². The Kier molecular flexibility index (Phi) is 7.77. The maximum Gasteiger partial charge on any atom is 0.310 e. The molecule has 164 valence electrons. The minimum atomic E-state index is -0.984. The first-order chi connectivity index (χ1) is 15.4. The molecule has 0 heterocycles. The first kappa shape index (κ1) is 22.8. The fourth-order valence-electron chi connectivity index (χ4n) is 2.64. The van der Waals surface area contributed by atoms with Gasteiger partial charge in [0.15, 0.2) is 11.9 Å². The van der Waals surface area contributed by atoms with Crippen LogP contribution in [0.25, 0.3) is 0 Å². The number of nitro benzene ring substituents is 1. The third kappa shape index (κ3) is 6.55. The molecular formula is C23H20ClN3O5. The number of hydrogen-bond donors (Lipinski definition) is 1. The molecule has 32 heavy (non-hydrogen) atoms. The predicted molar refractivity (Wildman–Crippen MR) is 121 cm³/mol. The van der Waals surface area contributed by atoms with E-state index >= 15 is 0 Å². The molecule has 0 radical (unpaired) electrons. The second-order valence-corrected chi connectivity index (χ2v) is 7.14. The maximum atomic E-state index is 12.2. The van der Waals surface area contributed by atoms with Gasteiger partial charge in [-0.05, 0) is 48.4 Å². The van der Waals surface area contributed by atoms with Crippen molar-refractivity contribution in [3.63, 3.8) is 0 Å². The van der Waals surface area contributed by atoms with Gasteiger partial charge in [0.25, 0.3) is 5.91 Å². The lowest BCUT2D eigenvalue weighted by Gasteiger charge is -2.12. The molecule has 1 atom stereocenters. The molecule has 0 saturated carbocycles. The van der Waals surface area contributed by atoms with E-state index in [4.69, 9.17) is 21.1 Å². The summed E-state index contributed by atoms with van der Waals surface area (Å²) in [4.78, 5) is 22.7. The van der Waals surface area contributed by atoms with E-state index in [9.17, 15) is 14.9 Å². The summed E-state index contributed by atoms with van der Waals surface area (Å²) in [6.45, 7) is 1.86. The number of amides is 1. The van der Waals surface area contributed by atoms with Crippen molar-refractivity contribution in [2.75, 3.05) is 0 Å². The van der Waals surface area contributed by atoms with E-state index in [0.717, 1.165) is 5.56 Å². The van der Waals surface area contributed by atoms with Crippen molar-refractivity contribution in [1.82, 2.24) is 5.43 Å². The molecule has 1 unspecified atom stereocenters. The van der Waals surface area contributed by atoms with Crippen molar-refractivity contribution < 1.29 is 19.2 Å². The topological polar surface area (TPSA) is 103 Å². The summed E-state index contributed by atoms with van der Waals surface area (Å²) < 4.78 is 11.2. The largest absolute Gasteiger partial charge is 0.489 e. The fraction of sp³-hybridized carbons (Fsp3) is 0.130. The number of carbonyl (C=O) groups is 1. The molecule has 0 fully saturated rings. The van der Waals surface area contributed by atoms with E-state index in [1.165, 1.54) is 31.3 Å². The Bertz CT molecular complexity index is 1120. The number of benzene rings is 3. The highest BCUT2D eigenvalue weighted by atomic mass is 35.5. The normalized spacial score (nSPS) is 11.7. The molecule has 0 aliphatic heterocycles. The third-order valence-electron chi connectivity index (χ3n) is 4.30. The second-order valence-electron chi connectivity index (χ2n) is 6.71. The summed E-state index contributed by atoms with van der Waals surface area (Å²) in [5.74, 6) is 0.104. The van der Waals surface area contributed by atoms with E-state index in [-0.39, 0.29) is 11.4 Å². The highest BCUT2D eigenvalue weighted by molar-refractivity contribution is 6.30. The highest BCUT2D eigenvalue weighted by Crippen LogP contribution is 2.26. The van der Waals surface area contributed by atoms with E-state index in [2.05, 4.69) is 10.5 Å². The smallest absolute Gasteiger partial charge is 0.310 e. The van der Waals surface area contributed by atoms with Crippen molar-refractivity contribution >= 4 is 29.4 Å². The number of nitro groups is 1. The van der Waals surface area contributed by atoms with Crippen molar-refractivity contribution in [2.45, 2.75) is 19.6 Å². The Morgan fingerprint density at radius 3 is 2.66 bits per heavy atom. The van der Waals surface area contributed by atoms with Gasteiger partial charge >= 0.3 is 5.69 Å². The number of para-hydroxylation sites is 2. The molecule has 9 heteroatoms. The molecule has 3 aromatic rings. The van der Waals surface area contributed by atoms with Crippen molar-refractivity contribution in [3.8, 4) is 11.5 Å². The van der Waals surface area contributed by atoms with Crippen LogP contribution >= 0.6 is 11.6 Å². The standard InChI is InChI=1S/C23H20ClN3O5/c1-16(32-22-8-3-2-7-21(22)27(29)30)23(28)26-25-14-18-5-4-6-20(13-18)31-15-17-9-11-19(24)12-10-17/h2-14,16H,15H2,1H3,(H,26,28)/b25-14+. The number of carbonyl (C=O) groups excluding carboxylic acids is 1. The van der Waals surface area contributed by atoms with E-state index in [1.54, 1.807) is 36.4 Å². The summed E-state index contributed by atoms with van der Waals surface area (Å²) in [6.07, 6.45) is 0.479. The molecule has 3 rings (SSSR count). The molecular weight excluding hydrogens is 434 g/mol. The van der Waals surface area contributed by atoms with Crippen LogP contribution in [-0.4, -0.2) is 23.1 Å². The lowest BCUT2D eigenvalue weighted by molar-refractivity contribution is -0.386. The Morgan fingerprint density at radius 2 is 1.91 bits per heavy atom. The van der Waals surface area contributed by atoms with Gasteiger partial charge < -0.3 is 9.47 Å². The molecule has 0 bridgehead atoms. The lowest BCUT2D eigenvalue weighted by atomic mass is 10.2. The van der Waals surface area contributed by atoms with Crippen LogP contribution in [0.2, 0.25) is 5.02 Å². The summed E-state index contributed by atoms with van der Waals surface area (Å²) in [5, 5.41) is 15.6. The number of halogens is 1. The van der Waals surface area contributed by atoms with Crippen molar-refractivity contribution in [3.05, 3.63) is 99.1 Å². The summed E-state index contributed by atoms with van der Waals surface area (Å²) >= 11 is 5.88. The molecule has 0 saturated heterocycles. The van der Waals surface area contributed by atoms with Crippen molar-refractivity contribution in [1.29, 1.82) is 0 Å².